The van der Waals surface area contributed by atoms with E-state index in [1.165, 1.54) is 0 Å². The molecule has 1 aliphatic rings. The molecule has 5 nitrogen and oxygen atoms in total. The van der Waals surface area contributed by atoms with E-state index in [9.17, 15) is 9.59 Å². The summed E-state index contributed by atoms with van der Waals surface area (Å²) < 4.78 is 5.52. The van der Waals surface area contributed by atoms with Gasteiger partial charge in [-0.3, -0.25) is 4.79 Å². The number of H-pyrrole nitrogens is 1. The van der Waals surface area contributed by atoms with Crippen LogP contribution in [0.4, 0.5) is 0 Å². The summed E-state index contributed by atoms with van der Waals surface area (Å²) in [5.74, 6) is -0.907. The Bertz CT molecular complexity index is 1040. The second-order valence-electron chi connectivity index (χ2n) is 7.52. The van der Waals surface area contributed by atoms with Crippen LogP contribution in [0.5, 0.6) is 0 Å². The third-order valence-corrected chi connectivity index (χ3v) is 5.50. The maximum Gasteiger partial charge on any atom is 0.329 e. The van der Waals surface area contributed by atoms with Crippen LogP contribution in [0.1, 0.15) is 36.7 Å². The number of aromatic amines is 1. The maximum atomic E-state index is 13.0. The first-order valence-electron chi connectivity index (χ1n) is 9.73. The van der Waals surface area contributed by atoms with Crippen molar-refractivity contribution < 1.29 is 14.3 Å². The van der Waals surface area contributed by atoms with Gasteiger partial charge in [-0.15, -0.1) is 11.6 Å². The van der Waals surface area contributed by atoms with Gasteiger partial charge in [0, 0.05) is 23.0 Å². The summed E-state index contributed by atoms with van der Waals surface area (Å²) in [7, 11) is 0. The molecule has 1 aliphatic heterocycles. The molecule has 2 aromatic carbocycles. The Morgan fingerprint density at radius 3 is 2.52 bits per heavy atom. The molecule has 1 aromatic heterocycles. The van der Waals surface area contributed by atoms with Crippen LogP contribution < -0.4 is 0 Å². The fourth-order valence-electron chi connectivity index (χ4n) is 4.14. The molecule has 0 saturated heterocycles. The van der Waals surface area contributed by atoms with Gasteiger partial charge in [0.15, 0.2) is 0 Å². The molecular weight excluding hydrogens is 388 g/mol. The summed E-state index contributed by atoms with van der Waals surface area (Å²) in [5, 5.41) is 1.06. The summed E-state index contributed by atoms with van der Waals surface area (Å²) in [6.45, 7) is 3.61. The van der Waals surface area contributed by atoms with Gasteiger partial charge in [-0.05, 0) is 31.0 Å². The van der Waals surface area contributed by atoms with Crippen LogP contribution in [0.3, 0.4) is 0 Å². The molecule has 6 heteroatoms. The first kappa shape index (κ1) is 19.5. The standard InChI is InChI=1S/C23H23ClN2O3/c1-14(2)29-23(28)19-12-17-16-10-6-7-11-18(16)25-21(17)22(26(19)20(27)13-24)15-8-4-3-5-9-15/h3-11,14,19,22,25H,12-13H2,1-2H3/t19-,22+/m1/s1. The Morgan fingerprint density at radius 1 is 1.14 bits per heavy atom. The Balaban J connectivity index is 1.93. The van der Waals surface area contributed by atoms with Crippen LogP contribution in [-0.4, -0.2) is 39.8 Å². The molecule has 0 aliphatic carbocycles. The highest BCUT2D eigenvalue weighted by atomic mass is 35.5. The predicted molar refractivity (Wildman–Crippen MR) is 113 cm³/mol. The Hall–Kier alpha value is -2.79. The molecule has 3 aromatic rings. The summed E-state index contributed by atoms with van der Waals surface area (Å²) in [5.41, 5.74) is 3.86. The van der Waals surface area contributed by atoms with E-state index in [1.54, 1.807) is 18.7 Å². The average Bonchev–Trinajstić information content (AvgIpc) is 3.10. The number of rotatable bonds is 4. The van der Waals surface area contributed by atoms with Crippen LogP contribution in [-0.2, 0) is 20.7 Å². The van der Waals surface area contributed by atoms with E-state index in [0.717, 1.165) is 27.7 Å². The first-order valence-corrected chi connectivity index (χ1v) is 10.3. The van der Waals surface area contributed by atoms with E-state index in [2.05, 4.69) is 4.98 Å². The molecule has 1 amide bonds. The lowest BCUT2D eigenvalue weighted by Crippen LogP contribution is -2.52. The number of fused-ring (bicyclic) bond motifs is 3. The number of hydrogen-bond donors (Lipinski definition) is 1. The van der Waals surface area contributed by atoms with Crippen molar-refractivity contribution in [1.29, 1.82) is 0 Å². The lowest BCUT2D eigenvalue weighted by molar-refractivity contribution is -0.159. The van der Waals surface area contributed by atoms with E-state index in [4.69, 9.17) is 16.3 Å². The zero-order chi connectivity index (χ0) is 20.5. The Labute approximate surface area is 174 Å². The van der Waals surface area contributed by atoms with Crippen molar-refractivity contribution in [2.45, 2.75) is 38.5 Å². The molecule has 0 radical (unpaired) electrons. The van der Waals surface area contributed by atoms with Crippen molar-refractivity contribution in [2.24, 2.45) is 0 Å². The quantitative estimate of drug-likeness (QED) is 0.518. The minimum absolute atomic E-state index is 0.204. The average molecular weight is 411 g/mol. The van der Waals surface area contributed by atoms with Crippen molar-refractivity contribution in [3.8, 4) is 0 Å². The number of halogens is 1. The highest BCUT2D eigenvalue weighted by Gasteiger charge is 2.44. The third kappa shape index (κ3) is 3.51. The summed E-state index contributed by atoms with van der Waals surface area (Å²) in [6.07, 6.45) is 0.117. The van der Waals surface area contributed by atoms with E-state index in [-0.39, 0.29) is 17.9 Å². The number of esters is 1. The number of hydrogen-bond acceptors (Lipinski definition) is 3. The normalized spacial score (nSPS) is 18.7. The molecule has 0 saturated carbocycles. The first-order chi connectivity index (χ1) is 14.0. The SMILES string of the molecule is CC(C)OC(=O)[C@H]1Cc2c([nH]c3ccccc23)[C@H](c2ccccc2)N1C(=O)CCl. The lowest BCUT2D eigenvalue weighted by atomic mass is 9.88. The molecule has 2 atom stereocenters. The zero-order valence-electron chi connectivity index (χ0n) is 16.4. The number of aromatic nitrogens is 1. The highest BCUT2D eigenvalue weighted by Crippen LogP contribution is 2.41. The smallest absolute Gasteiger partial charge is 0.329 e. The number of para-hydroxylation sites is 1. The van der Waals surface area contributed by atoms with Crippen LogP contribution in [0, 0.1) is 0 Å². The molecule has 150 valence electrons. The van der Waals surface area contributed by atoms with Gasteiger partial charge in [0.25, 0.3) is 0 Å². The van der Waals surface area contributed by atoms with E-state index in [1.807, 2.05) is 54.6 Å². The van der Waals surface area contributed by atoms with Crippen LogP contribution >= 0.6 is 11.6 Å². The molecule has 0 spiro atoms. The topological polar surface area (TPSA) is 62.4 Å². The second kappa shape index (κ2) is 7.91. The van der Waals surface area contributed by atoms with Gasteiger partial charge in [-0.2, -0.15) is 0 Å². The van der Waals surface area contributed by atoms with E-state index >= 15 is 0 Å². The second-order valence-corrected chi connectivity index (χ2v) is 7.78. The van der Waals surface area contributed by atoms with Crippen LogP contribution in [0.25, 0.3) is 10.9 Å². The van der Waals surface area contributed by atoms with Gasteiger partial charge >= 0.3 is 5.97 Å². The van der Waals surface area contributed by atoms with E-state index < -0.39 is 18.1 Å². The lowest BCUT2D eigenvalue weighted by Gasteiger charge is -2.41. The number of benzene rings is 2. The number of carbonyl (C=O) groups is 2. The third-order valence-electron chi connectivity index (χ3n) is 5.27. The predicted octanol–water partition coefficient (Wildman–Crippen LogP) is 4.20. The zero-order valence-corrected chi connectivity index (χ0v) is 17.1. The Kier molecular flexibility index (Phi) is 5.33. The summed E-state index contributed by atoms with van der Waals surface area (Å²) >= 11 is 5.97. The molecular formula is C23H23ClN2O3. The summed E-state index contributed by atoms with van der Waals surface area (Å²) in [4.78, 5) is 31.0. The monoisotopic (exact) mass is 410 g/mol. The minimum Gasteiger partial charge on any atom is -0.461 e. The molecule has 0 fully saturated rings. The van der Waals surface area contributed by atoms with Crippen molar-refractivity contribution in [1.82, 2.24) is 9.88 Å². The van der Waals surface area contributed by atoms with Crippen molar-refractivity contribution >= 4 is 34.4 Å². The molecule has 0 bridgehead atoms. The molecule has 0 unspecified atom stereocenters. The van der Waals surface area contributed by atoms with Gasteiger partial charge in [0.2, 0.25) is 5.91 Å². The van der Waals surface area contributed by atoms with Crippen molar-refractivity contribution in [3.63, 3.8) is 0 Å². The number of ether oxygens (including phenoxy) is 1. The van der Waals surface area contributed by atoms with Crippen LogP contribution in [0.2, 0.25) is 0 Å². The molecule has 29 heavy (non-hydrogen) atoms. The molecule has 2 heterocycles. The molecule has 4 rings (SSSR count). The van der Waals surface area contributed by atoms with Crippen LogP contribution in [0.15, 0.2) is 54.6 Å². The number of alkyl halides is 1. The largest absolute Gasteiger partial charge is 0.461 e. The van der Waals surface area contributed by atoms with Gasteiger partial charge in [0.05, 0.1) is 12.1 Å². The number of nitrogens with one attached hydrogen (secondary N) is 1. The minimum atomic E-state index is -0.736. The van der Waals surface area contributed by atoms with E-state index in [0.29, 0.717) is 6.42 Å². The van der Waals surface area contributed by atoms with Crippen molar-refractivity contribution in [2.75, 3.05) is 5.88 Å². The Morgan fingerprint density at radius 2 is 1.83 bits per heavy atom. The fourth-order valence-corrected chi connectivity index (χ4v) is 4.28. The van der Waals surface area contributed by atoms with Gasteiger partial charge in [-0.25, -0.2) is 4.79 Å². The number of carbonyl (C=O) groups excluding carboxylic acids is 2. The van der Waals surface area contributed by atoms with Gasteiger partial charge in [-0.1, -0.05) is 48.5 Å². The van der Waals surface area contributed by atoms with Gasteiger partial charge < -0.3 is 14.6 Å². The molecule has 1 N–H and O–H groups in total. The van der Waals surface area contributed by atoms with Gasteiger partial charge in [0.1, 0.15) is 11.9 Å². The maximum absolute atomic E-state index is 13.0. The highest BCUT2D eigenvalue weighted by molar-refractivity contribution is 6.27. The number of nitrogens with zero attached hydrogens (tertiary/aromatic N) is 1. The fraction of sp³-hybridized carbons (Fsp3) is 0.304. The number of amides is 1. The van der Waals surface area contributed by atoms with Crippen molar-refractivity contribution in [3.05, 3.63) is 71.4 Å². The summed E-state index contributed by atoms with van der Waals surface area (Å²) in [6, 6.07) is 16.5.